The smallest absolute Gasteiger partial charge is 0.248 e. The van der Waals surface area contributed by atoms with Gasteiger partial charge in [0.05, 0.1) is 6.54 Å². The van der Waals surface area contributed by atoms with E-state index < -0.39 is 5.54 Å². The first-order valence-electron chi connectivity index (χ1n) is 8.16. The van der Waals surface area contributed by atoms with Crippen molar-refractivity contribution in [2.24, 2.45) is 0 Å². The minimum Gasteiger partial charge on any atom is -0.340 e. The van der Waals surface area contributed by atoms with E-state index in [4.69, 9.17) is 0 Å². The molecule has 4 nitrogen and oxygen atoms in total. The molecule has 1 saturated carbocycles. The Morgan fingerprint density at radius 1 is 1.19 bits per heavy atom. The molecule has 0 aromatic heterocycles. The zero-order valence-corrected chi connectivity index (χ0v) is 14.4. The van der Waals surface area contributed by atoms with Gasteiger partial charge in [0, 0.05) is 11.3 Å². The molecule has 5 heteroatoms. The SMILES string of the molecule is CCC(CC)(CN1CC(=O)NC2(CCCCC2)C1=O)SC. The van der Waals surface area contributed by atoms with E-state index in [1.807, 2.05) is 16.7 Å². The lowest BCUT2D eigenvalue weighted by molar-refractivity contribution is -0.152. The molecule has 2 fully saturated rings. The summed E-state index contributed by atoms with van der Waals surface area (Å²) in [6.45, 7) is 5.26. The number of nitrogens with one attached hydrogen (secondary N) is 1. The molecule has 0 unspecified atom stereocenters. The van der Waals surface area contributed by atoms with Gasteiger partial charge in [0.1, 0.15) is 5.54 Å². The summed E-state index contributed by atoms with van der Waals surface area (Å²) in [4.78, 5) is 26.9. The van der Waals surface area contributed by atoms with Crippen molar-refractivity contribution in [3.05, 3.63) is 0 Å². The van der Waals surface area contributed by atoms with Gasteiger partial charge < -0.3 is 10.2 Å². The molecule has 21 heavy (non-hydrogen) atoms. The number of hydrogen-bond acceptors (Lipinski definition) is 3. The molecule has 0 radical (unpaired) electrons. The van der Waals surface area contributed by atoms with Crippen molar-refractivity contribution in [3.63, 3.8) is 0 Å². The number of thioether (sulfide) groups is 1. The number of piperazine rings is 1. The molecular weight excluding hydrogens is 284 g/mol. The molecule has 1 N–H and O–H groups in total. The molecule has 2 aliphatic rings. The summed E-state index contributed by atoms with van der Waals surface area (Å²) in [5.41, 5.74) is -0.598. The van der Waals surface area contributed by atoms with Crippen LogP contribution in [-0.4, -0.2) is 46.3 Å². The quantitative estimate of drug-likeness (QED) is 0.849. The van der Waals surface area contributed by atoms with Crippen molar-refractivity contribution in [1.29, 1.82) is 0 Å². The maximum atomic E-state index is 13.0. The van der Waals surface area contributed by atoms with Gasteiger partial charge in [-0.2, -0.15) is 11.8 Å². The third kappa shape index (κ3) is 3.22. The minimum absolute atomic E-state index is 0.0127. The lowest BCUT2D eigenvalue weighted by Gasteiger charge is -2.46. The van der Waals surface area contributed by atoms with Crippen LogP contribution in [0.5, 0.6) is 0 Å². The summed E-state index contributed by atoms with van der Waals surface area (Å²) in [6, 6.07) is 0. The van der Waals surface area contributed by atoms with Crippen molar-refractivity contribution < 1.29 is 9.59 Å². The Kier molecular flexibility index (Phi) is 5.23. The predicted molar refractivity (Wildman–Crippen MR) is 87.4 cm³/mol. The lowest BCUT2D eigenvalue weighted by Crippen LogP contribution is -2.68. The van der Waals surface area contributed by atoms with Crippen LogP contribution in [0.15, 0.2) is 0 Å². The molecule has 0 bridgehead atoms. The fourth-order valence-corrected chi connectivity index (χ4v) is 4.57. The second-order valence-corrected chi connectivity index (χ2v) is 7.72. The van der Waals surface area contributed by atoms with Gasteiger partial charge in [0.2, 0.25) is 11.8 Å². The number of amides is 2. The Labute approximate surface area is 132 Å². The highest BCUT2D eigenvalue weighted by Crippen LogP contribution is 2.36. The van der Waals surface area contributed by atoms with Crippen LogP contribution >= 0.6 is 11.8 Å². The standard InChI is InChI=1S/C16H28N2O2S/c1-4-15(5-2,21-3)12-18-11-13(19)17-16(14(18)20)9-7-6-8-10-16/h4-12H2,1-3H3,(H,17,19). The highest BCUT2D eigenvalue weighted by Gasteiger charge is 2.48. The average molecular weight is 312 g/mol. The molecular formula is C16H28N2O2S. The molecule has 1 aliphatic heterocycles. The van der Waals surface area contributed by atoms with Crippen molar-refractivity contribution in [1.82, 2.24) is 10.2 Å². The summed E-state index contributed by atoms with van der Waals surface area (Å²) < 4.78 is 0.0726. The molecule has 0 atom stereocenters. The Balaban J connectivity index is 2.19. The molecule has 2 amide bonds. The van der Waals surface area contributed by atoms with E-state index in [0.717, 1.165) is 38.5 Å². The van der Waals surface area contributed by atoms with E-state index >= 15 is 0 Å². The van der Waals surface area contributed by atoms with E-state index in [1.165, 1.54) is 6.42 Å². The fraction of sp³-hybridized carbons (Fsp3) is 0.875. The van der Waals surface area contributed by atoms with Gasteiger partial charge in [-0.25, -0.2) is 0 Å². The first kappa shape index (κ1) is 16.7. The molecule has 2 rings (SSSR count). The Hall–Kier alpha value is -0.710. The van der Waals surface area contributed by atoms with Crippen LogP contribution in [0.2, 0.25) is 0 Å². The minimum atomic E-state index is -0.598. The van der Waals surface area contributed by atoms with Crippen LogP contribution in [0.25, 0.3) is 0 Å². The first-order valence-corrected chi connectivity index (χ1v) is 9.39. The van der Waals surface area contributed by atoms with Gasteiger partial charge in [-0.1, -0.05) is 33.1 Å². The maximum Gasteiger partial charge on any atom is 0.248 e. The Bertz CT molecular complexity index is 393. The molecule has 0 aromatic rings. The summed E-state index contributed by atoms with van der Waals surface area (Å²) >= 11 is 1.82. The van der Waals surface area contributed by atoms with Gasteiger partial charge in [-0.3, -0.25) is 9.59 Å². The van der Waals surface area contributed by atoms with Crippen molar-refractivity contribution >= 4 is 23.6 Å². The van der Waals surface area contributed by atoms with Gasteiger partial charge >= 0.3 is 0 Å². The Morgan fingerprint density at radius 2 is 1.81 bits per heavy atom. The summed E-state index contributed by atoms with van der Waals surface area (Å²) in [7, 11) is 0. The topological polar surface area (TPSA) is 49.4 Å². The van der Waals surface area contributed by atoms with Crippen LogP contribution in [0.4, 0.5) is 0 Å². The largest absolute Gasteiger partial charge is 0.340 e. The van der Waals surface area contributed by atoms with Crippen LogP contribution in [-0.2, 0) is 9.59 Å². The molecule has 1 saturated heterocycles. The third-order valence-corrected chi connectivity index (χ3v) is 6.89. The summed E-state index contributed by atoms with van der Waals surface area (Å²) in [6.07, 6.45) is 8.99. The van der Waals surface area contributed by atoms with Crippen molar-refractivity contribution in [3.8, 4) is 0 Å². The fourth-order valence-electron chi connectivity index (χ4n) is 3.70. The number of carbonyl (C=O) groups is 2. The van der Waals surface area contributed by atoms with Crippen LogP contribution in [0, 0.1) is 0 Å². The summed E-state index contributed by atoms with van der Waals surface area (Å²) in [5.74, 6) is 0.167. The number of carbonyl (C=O) groups excluding carboxylic acids is 2. The van der Waals surface area contributed by atoms with Gasteiger partial charge in [0.15, 0.2) is 0 Å². The van der Waals surface area contributed by atoms with E-state index in [2.05, 4.69) is 25.4 Å². The summed E-state index contributed by atoms with van der Waals surface area (Å²) in [5, 5.41) is 3.01. The van der Waals surface area contributed by atoms with Gasteiger partial charge in [0.25, 0.3) is 0 Å². The molecule has 1 aliphatic carbocycles. The van der Waals surface area contributed by atoms with Crippen LogP contribution in [0.1, 0.15) is 58.8 Å². The highest BCUT2D eigenvalue weighted by molar-refractivity contribution is 8.00. The lowest BCUT2D eigenvalue weighted by atomic mass is 9.79. The van der Waals surface area contributed by atoms with Crippen LogP contribution in [0.3, 0.4) is 0 Å². The zero-order valence-electron chi connectivity index (χ0n) is 13.5. The first-order chi connectivity index (χ1) is 10.0. The molecule has 0 aromatic carbocycles. The van der Waals surface area contributed by atoms with Gasteiger partial charge in [-0.15, -0.1) is 0 Å². The highest BCUT2D eigenvalue weighted by atomic mass is 32.2. The molecule has 1 spiro atoms. The van der Waals surface area contributed by atoms with Gasteiger partial charge in [-0.05, 0) is 31.9 Å². The van der Waals surface area contributed by atoms with E-state index in [0.29, 0.717) is 6.54 Å². The number of rotatable bonds is 5. The van der Waals surface area contributed by atoms with E-state index in [9.17, 15) is 9.59 Å². The number of nitrogens with zero attached hydrogens (tertiary/aromatic N) is 1. The predicted octanol–water partition coefficient (Wildman–Crippen LogP) is 2.57. The average Bonchev–Trinajstić information content (AvgIpc) is 2.51. The van der Waals surface area contributed by atoms with Crippen molar-refractivity contribution in [2.75, 3.05) is 19.3 Å². The second-order valence-electron chi connectivity index (χ2n) is 6.45. The molecule has 1 heterocycles. The molecule has 120 valence electrons. The van der Waals surface area contributed by atoms with E-state index in [-0.39, 0.29) is 23.1 Å². The van der Waals surface area contributed by atoms with Crippen molar-refractivity contribution in [2.45, 2.75) is 69.1 Å². The normalized spacial score (nSPS) is 22.5. The Morgan fingerprint density at radius 3 is 2.33 bits per heavy atom. The maximum absolute atomic E-state index is 13.0. The van der Waals surface area contributed by atoms with Crippen LogP contribution < -0.4 is 5.32 Å². The second kappa shape index (κ2) is 6.59. The monoisotopic (exact) mass is 312 g/mol. The third-order valence-electron chi connectivity index (χ3n) is 5.32. The number of hydrogen-bond donors (Lipinski definition) is 1. The zero-order chi connectivity index (χ0) is 15.5. The van der Waals surface area contributed by atoms with E-state index in [1.54, 1.807) is 0 Å².